The third-order valence-electron chi connectivity index (χ3n) is 3.96. The minimum absolute atomic E-state index is 0.142. The van der Waals surface area contributed by atoms with Gasteiger partial charge >= 0.3 is 5.63 Å². The minimum atomic E-state index is -0.648. The van der Waals surface area contributed by atoms with Gasteiger partial charge in [-0.05, 0) is 12.1 Å². The zero-order valence-electron chi connectivity index (χ0n) is 13.7. The highest BCUT2D eigenvalue weighted by Crippen LogP contribution is 2.22. The lowest BCUT2D eigenvalue weighted by molar-refractivity contribution is -0.134. The number of rotatable bonds is 4. The van der Waals surface area contributed by atoms with Crippen LogP contribution in [0.15, 0.2) is 33.5 Å². The van der Waals surface area contributed by atoms with Gasteiger partial charge in [-0.3, -0.25) is 9.59 Å². The summed E-state index contributed by atoms with van der Waals surface area (Å²) in [6.45, 7) is 1.85. The highest BCUT2D eigenvalue weighted by atomic mass is 16.5. The van der Waals surface area contributed by atoms with Gasteiger partial charge in [-0.25, -0.2) is 4.79 Å². The predicted octanol–water partition coefficient (Wildman–Crippen LogP) is 0.390. The number of benzene rings is 1. The summed E-state index contributed by atoms with van der Waals surface area (Å²) in [6.07, 6.45) is 0. The summed E-state index contributed by atoms with van der Waals surface area (Å²) >= 11 is 0. The second kappa shape index (κ2) is 7.35. The van der Waals surface area contributed by atoms with E-state index in [2.05, 4.69) is 5.32 Å². The summed E-state index contributed by atoms with van der Waals surface area (Å²) in [4.78, 5) is 37.9. The first-order valence-electron chi connectivity index (χ1n) is 7.84. The molecule has 1 aromatic heterocycles. The molecule has 1 saturated heterocycles. The Balaban J connectivity index is 1.77. The van der Waals surface area contributed by atoms with E-state index in [0.29, 0.717) is 37.4 Å². The quantitative estimate of drug-likeness (QED) is 0.804. The lowest BCUT2D eigenvalue weighted by atomic mass is 10.1. The molecule has 2 amide bonds. The topological polar surface area (TPSA) is 98.1 Å². The standard InChI is InChI=1S/C17H18N2O6/c1-23-11-2-3-12-13(9-16(21)25-14(12)8-11)17(22)18-10-15(20)19-4-6-24-7-5-19/h2-3,8-9H,4-7,10H2,1H3,(H,18,22). The molecule has 0 aliphatic carbocycles. The van der Waals surface area contributed by atoms with Gasteiger partial charge in [0.2, 0.25) is 5.91 Å². The van der Waals surface area contributed by atoms with Gasteiger partial charge in [-0.2, -0.15) is 0 Å². The van der Waals surface area contributed by atoms with Crippen molar-refractivity contribution >= 4 is 22.8 Å². The van der Waals surface area contributed by atoms with Gasteiger partial charge in [0.25, 0.3) is 5.91 Å². The molecule has 1 aliphatic heterocycles. The largest absolute Gasteiger partial charge is 0.497 e. The Kier molecular flexibility index (Phi) is 4.99. The molecule has 1 aliphatic rings. The van der Waals surface area contributed by atoms with Crippen LogP contribution < -0.4 is 15.7 Å². The number of hydrogen-bond donors (Lipinski definition) is 1. The molecule has 0 bridgehead atoms. The number of nitrogens with zero attached hydrogens (tertiary/aromatic N) is 1. The van der Waals surface area contributed by atoms with E-state index in [1.165, 1.54) is 13.2 Å². The first-order chi connectivity index (χ1) is 12.1. The van der Waals surface area contributed by atoms with E-state index in [4.69, 9.17) is 13.9 Å². The molecule has 3 rings (SSSR count). The van der Waals surface area contributed by atoms with Gasteiger partial charge in [0.15, 0.2) is 0 Å². The van der Waals surface area contributed by atoms with Crippen molar-refractivity contribution in [2.75, 3.05) is 40.0 Å². The van der Waals surface area contributed by atoms with E-state index < -0.39 is 11.5 Å². The van der Waals surface area contributed by atoms with Crippen LogP contribution in [0.2, 0.25) is 0 Å². The van der Waals surface area contributed by atoms with Crippen LogP contribution in [-0.4, -0.2) is 56.7 Å². The molecule has 132 valence electrons. The summed E-state index contributed by atoms with van der Waals surface area (Å²) in [5, 5.41) is 3.03. The van der Waals surface area contributed by atoms with Crippen LogP contribution in [0.25, 0.3) is 11.0 Å². The molecule has 8 heteroatoms. The highest BCUT2D eigenvalue weighted by molar-refractivity contribution is 6.06. The molecule has 0 spiro atoms. The van der Waals surface area contributed by atoms with E-state index in [0.717, 1.165) is 6.07 Å². The van der Waals surface area contributed by atoms with Gasteiger partial charge in [0.05, 0.1) is 32.4 Å². The monoisotopic (exact) mass is 346 g/mol. The fourth-order valence-electron chi connectivity index (χ4n) is 2.63. The average Bonchev–Trinajstić information content (AvgIpc) is 2.65. The fourth-order valence-corrected chi connectivity index (χ4v) is 2.63. The Morgan fingerprint density at radius 3 is 2.72 bits per heavy atom. The molecule has 1 aromatic carbocycles. The molecule has 1 fully saturated rings. The molecule has 2 aromatic rings. The maximum Gasteiger partial charge on any atom is 0.337 e. The lowest BCUT2D eigenvalue weighted by Gasteiger charge is -2.26. The number of carbonyl (C=O) groups excluding carboxylic acids is 2. The average molecular weight is 346 g/mol. The van der Waals surface area contributed by atoms with Crippen LogP contribution in [0, 0.1) is 0 Å². The van der Waals surface area contributed by atoms with Crippen LogP contribution in [0.4, 0.5) is 0 Å². The number of morpholine rings is 1. The van der Waals surface area contributed by atoms with Crippen molar-refractivity contribution in [2.24, 2.45) is 0 Å². The molecule has 1 N–H and O–H groups in total. The Morgan fingerprint density at radius 1 is 1.24 bits per heavy atom. The predicted molar refractivity (Wildman–Crippen MR) is 88.8 cm³/mol. The van der Waals surface area contributed by atoms with E-state index in [9.17, 15) is 14.4 Å². The maximum absolute atomic E-state index is 12.4. The summed E-state index contributed by atoms with van der Waals surface area (Å²) in [5.41, 5.74) is -0.245. The Morgan fingerprint density at radius 2 is 2.00 bits per heavy atom. The minimum Gasteiger partial charge on any atom is -0.497 e. The molecular weight excluding hydrogens is 328 g/mol. The summed E-state index contributed by atoms with van der Waals surface area (Å²) in [6, 6.07) is 5.95. The second-order valence-corrected chi connectivity index (χ2v) is 5.52. The SMILES string of the molecule is COc1ccc2c(C(=O)NCC(=O)N3CCOCC3)cc(=O)oc2c1. The number of methoxy groups -OCH3 is 1. The first kappa shape index (κ1) is 17.0. The Bertz CT molecular complexity index is 854. The van der Waals surface area contributed by atoms with Crippen LogP contribution in [-0.2, 0) is 9.53 Å². The third-order valence-corrected chi connectivity index (χ3v) is 3.96. The number of nitrogens with one attached hydrogen (secondary N) is 1. The van der Waals surface area contributed by atoms with Crippen molar-refractivity contribution in [1.29, 1.82) is 0 Å². The number of hydrogen-bond acceptors (Lipinski definition) is 6. The van der Waals surface area contributed by atoms with E-state index >= 15 is 0 Å². The molecular formula is C17H18N2O6. The van der Waals surface area contributed by atoms with Crippen LogP contribution >= 0.6 is 0 Å². The smallest absolute Gasteiger partial charge is 0.337 e. The number of carbonyl (C=O) groups is 2. The molecule has 2 heterocycles. The van der Waals surface area contributed by atoms with Crippen molar-refractivity contribution < 1.29 is 23.5 Å². The van der Waals surface area contributed by atoms with Gasteiger partial charge in [-0.1, -0.05) is 0 Å². The normalized spacial score (nSPS) is 14.4. The molecule has 0 saturated carbocycles. The molecule has 0 atom stereocenters. The fraction of sp³-hybridized carbons (Fsp3) is 0.353. The van der Waals surface area contributed by atoms with Crippen LogP contribution in [0.5, 0.6) is 5.75 Å². The van der Waals surface area contributed by atoms with Crippen molar-refractivity contribution in [3.8, 4) is 5.75 Å². The van der Waals surface area contributed by atoms with Crippen LogP contribution in [0.3, 0.4) is 0 Å². The van der Waals surface area contributed by atoms with E-state index in [1.807, 2.05) is 0 Å². The van der Waals surface area contributed by atoms with E-state index in [-0.39, 0.29) is 23.6 Å². The number of amides is 2. The van der Waals surface area contributed by atoms with Crippen molar-refractivity contribution in [3.05, 3.63) is 40.2 Å². The first-order valence-corrected chi connectivity index (χ1v) is 7.84. The zero-order valence-corrected chi connectivity index (χ0v) is 13.7. The number of fused-ring (bicyclic) bond motifs is 1. The molecule has 0 unspecified atom stereocenters. The van der Waals surface area contributed by atoms with Gasteiger partial charge in [0, 0.05) is 30.6 Å². The van der Waals surface area contributed by atoms with Crippen molar-refractivity contribution in [1.82, 2.24) is 10.2 Å². The summed E-state index contributed by atoms with van der Waals surface area (Å²) in [5.74, 6) is -0.189. The second-order valence-electron chi connectivity index (χ2n) is 5.52. The van der Waals surface area contributed by atoms with Gasteiger partial charge in [-0.15, -0.1) is 0 Å². The Hall–Kier alpha value is -2.87. The lowest BCUT2D eigenvalue weighted by Crippen LogP contribution is -2.45. The molecule has 0 radical (unpaired) electrons. The van der Waals surface area contributed by atoms with Gasteiger partial charge < -0.3 is 24.1 Å². The number of ether oxygens (including phenoxy) is 2. The molecule has 25 heavy (non-hydrogen) atoms. The third kappa shape index (κ3) is 3.80. The van der Waals surface area contributed by atoms with E-state index in [1.54, 1.807) is 17.0 Å². The van der Waals surface area contributed by atoms with Crippen molar-refractivity contribution in [2.45, 2.75) is 0 Å². The maximum atomic E-state index is 12.4. The summed E-state index contributed by atoms with van der Waals surface area (Å²) < 4.78 is 15.4. The van der Waals surface area contributed by atoms with Gasteiger partial charge in [0.1, 0.15) is 11.3 Å². The Labute approximate surface area is 143 Å². The summed E-state index contributed by atoms with van der Waals surface area (Å²) in [7, 11) is 1.49. The highest BCUT2D eigenvalue weighted by Gasteiger charge is 2.19. The van der Waals surface area contributed by atoms with Crippen LogP contribution in [0.1, 0.15) is 10.4 Å². The molecule has 8 nitrogen and oxygen atoms in total. The van der Waals surface area contributed by atoms with Crippen molar-refractivity contribution in [3.63, 3.8) is 0 Å². The zero-order chi connectivity index (χ0) is 17.8.